The van der Waals surface area contributed by atoms with E-state index >= 15 is 0 Å². The third-order valence-electron chi connectivity index (χ3n) is 3.01. The zero-order chi connectivity index (χ0) is 12.5. The van der Waals surface area contributed by atoms with Gasteiger partial charge in [0.25, 0.3) is 0 Å². The van der Waals surface area contributed by atoms with Crippen LogP contribution < -0.4 is 0 Å². The van der Waals surface area contributed by atoms with Crippen molar-refractivity contribution in [2.45, 2.75) is 45.8 Å². The molecule has 1 aromatic rings. The number of carbonyl (C=O) groups is 1. The van der Waals surface area contributed by atoms with Crippen molar-refractivity contribution in [2.75, 3.05) is 0 Å². The van der Waals surface area contributed by atoms with E-state index in [-0.39, 0.29) is 6.10 Å². The number of ether oxygens (including phenoxy) is 1. The highest BCUT2D eigenvalue weighted by Crippen LogP contribution is 2.17. The Kier molecular flexibility index (Phi) is 6.56. The molecule has 1 aromatic carbocycles. The molecule has 0 heterocycles. The first-order valence-electron chi connectivity index (χ1n) is 6.37. The second kappa shape index (κ2) is 8.02. The molecule has 2 heteroatoms. The Labute approximate surface area is 104 Å². The fourth-order valence-electron chi connectivity index (χ4n) is 1.98. The van der Waals surface area contributed by atoms with Gasteiger partial charge in [-0.15, -0.1) is 0 Å². The smallest absolute Gasteiger partial charge is 0.122 e. The Morgan fingerprint density at radius 2 is 2.00 bits per heavy atom. The highest BCUT2D eigenvalue weighted by atomic mass is 16.5. The maximum absolute atomic E-state index is 10.7. The molecule has 1 rings (SSSR count). The zero-order valence-electron chi connectivity index (χ0n) is 10.8. The molecule has 0 aliphatic heterocycles. The molecule has 0 aliphatic carbocycles. The van der Waals surface area contributed by atoms with Crippen LogP contribution in [0.15, 0.2) is 30.3 Å². The summed E-state index contributed by atoms with van der Waals surface area (Å²) < 4.78 is 5.85. The van der Waals surface area contributed by atoms with Gasteiger partial charge in [-0.3, -0.25) is 0 Å². The van der Waals surface area contributed by atoms with Crippen molar-refractivity contribution in [1.82, 2.24) is 0 Å². The van der Waals surface area contributed by atoms with Gasteiger partial charge in [-0.2, -0.15) is 0 Å². The second-order valence-corrected chi connectivity index (χ2v) is 4.50. The Balaban J connectivity index is 2.46. The van der Waals surface area contributed by atoms with Crippen molar-refractivity contribution in [3.05, 3.63) is 35.9 Å². The van der Waals surface area contributed by atoms with E-state index in [4.69, 9.17) is 4.74 Å². The third kappa shape index (κ3) is 5.14. The van der Waals surface area contributed by atoms with Gasteiger partial charge in [-0.25, -0.2) is 0 Å². The van der Waals surface area contributed by atoms with Gasteiger partial charge in [0.2, 0.25) is 0 Å². The molecular weight excluding hydrogens is 212 g/mol. The molecule has 0 aliphatic rings. The van der Waals surface area contributed by atoms with Gasteiger partial charge in [-0.1, -0.05) is 50.6 Å². The lowest BCUT2D eigenvalue weighted by Gasteiger charge is -2.22. The van der Waals surface area contributed by atoms with Crippen LogP contribution in [-0.4, -0.2) is 12.4 Å². The van der Waals surface area contributed by atoms with Crippen LogP contribution in [0.4, 0.5) is 0 Å². The van der Waals surface area contributed by atoms with Crippen LogP contribution in [0, 0.1) is 5.92 Å². The van der Waals surface area contributed by atoms with E-state index in [1.165, 1.54) is 0 Å². The largest absolute Gasteiger partial charge is 0.373 e. The maximum atomic E-state index is 10.7. The quantitative estimate of drug-likeness (QED) is 0.642. The topological polar surface area (TPSA) is 26.3 Å². The zero-order valence-corrected chi connectivity index (χ0v) is 10.8. The molecule has 0 spiro atoms. The molecule has 0 amide bonds. The van der Waals surface area contributed by atoms with Crippen LogP contribution in [0.5, 0.6) is 0 Å². The molecule has 94 valence electrons. The van der Waals surface area contributed by atoms with E-state index in [1.54, 1.807) is 0 Å². The van der Waals surface area contributed by atoms with Crippen LogP contribution in [0.25, 0.3) is 0 Å². The lowest BCUT2D eigenvalue weighted by molar-refractivity contribution is -0.112. The van der Waals surface area contributed by atoms with E-state index < -0.39 is 0 Å². The highest BCUT2D eigenvalue weighted by Gasteiger charge is 2.16. The Hall–Kier alpha value is -1.15. The van der Waals surface area contributed by atoms with Crippen molar-refractivity contribution in [2.24, 2.45) is 5.92 Å². The fraction of sp³-hybridized carbons (Fsp3) is 0.533. The van der Waals surface area contributed by atoms with Crippen molar-refractivity contribution in [3.63, 3.8) is 0 Å². The van der Waals surface area contributed by atoms with Crippen molar-refractivity contribution >= 4 is 6.29 Å². The van der Waals surface area contributed by atoms with E-state index in [2.05, 4.69) is 13.8 Å². The fourth-order valence-corrected chi connectivity index (χ4v) is 1.98. The summed E-state index contributed by atoms with van der Waals surface area (Å²) in [4.78, 5) is 10.7. The molecule has 17 heavy (non-hydrogen) atoms. The number of aldehydes is 1. The number of hydrogen-bond donors (Lipinski definition) is 0. The first-order valence-corrected chi connectivity index (χ1v) is 6.37. The van der Waals surface area contributed by atoms with Crippen LogP contribution >= 0.6 is 0 Å². The Bertz CT molecular complexity index is 308. The number of benzene rings is 1. The molecule has 0 aromatic heterocycles. The predicted octanol–water partition coefficient (Wildman–Crippen LogP) is 3.60. The second-order valence-electron chi connectivity index (χ2n) is 4.50. The van der Waals surface area contributed by atoms with Gasteiger partial charge in [-0.05, 0) is 17.9 Å². The van der Waals surface area contributed by atoms with Crippen LogP contribution in [0.3, 0.4) is 0 Å². The summed E-state index contributed by atoms with van der Waals surface area (Å²) in [6.45, 7) is 4.90. The SMILES string of the molecule is CCCC(C)C(CC=O)OCc1ccccc1. The summed E-state index contributed by atoms with van der Waals surface area (Å²) in [7, 11) is 0. The summed E-state index contributed by atoms with van der Waals surface area (Å²) in [5.41, 5.74) is 1.16. The minimum atomic E-state index is 0.0488. The normalized spacial score (nSPS) is 14.2. The molecule has 0 N–H and O–H groups in total. The van der Waals surface area contributed by atoms with E-state index in [9.17, 15) is 4.79 Å². The van der Waals surface area contributed by atoms with E-state index in [0.29, 0.717) is 18.9 Å². The summed E-state index contributed by atoms with van der Waals surface area (Å²) in [6.07, 6.45) is 3.74. The highest BCUT2D eigenvalue weighted by molar-refractivity contribution is 5.50. The van der Waals surface area contributed by atoms with Gasteiger partial charge >= 0.3 is 0 Å². The van der Waals surface area contributed by atoms with Gasteiger partial charge in [0, 0.05) is 6.42 Å². The first kappa shape index (κ1) is 13.9. The summed E-state index contributed by atoms with van der Waals surface area (Å²) in [5.74, 6) is 0.439. The third-order valence-corrected chi connectivity index (χ3v) is 3.01. The monoisotopic (exact) mass is 234 g/mol. The van der Waals surface area contributed by atoms with Gasteiger partial charge in [0.15, 0.2) is 0 Å². The lowest BCUT2D eigenvalue weighted by atomic mass is 9.97. The molecule has 2 nitrogen and oxygen atoms in total. The minimum absolute atomic E-state index is 0.0488. The van der Waals surface area contributed by atoms with Gasteiger partial charge < -0.3 is 9.53 Å². The standard InChI is InChI=1S/C15H22O2/c1-3-7-13(2)15(10-11-16)17-12-14-8-5-4-6-9-14/h4-6,8-9,11,13,15H,3,7,10,12H2,1-2H3. The van der Waals surface area contributed by atoms with E-state index in [0.717, 1.165) is 24.7 Å². The average Bonchev–Trinajstić information content (AvgIpc) is 2.36. The summed E-state index contributed by atoms with van der Waals surface area (Å²) >= 11 is 0. The van der Waals surface area contributed by atoms with Crippen LogP contribution in [0.2, 0.25) is 0 Å². The number of hydrogen-bond acceptors (Lipinski definition) is 2. The Morgan fingerprint density at radius 1 is 1.29 bits per heavy atom. The van der Waals surface area contributed by atoms with Crippen molar-refractivity contribution < 1.29 is 9.53 Å². The number of rotatable bonds is 8. The average molecular weight is 234 g/mol. The summed E-state index contributed by atoms with van der Waals surface area (Å²) in [6, 6.07) is 10.1. The molecule has 0 fully saturated rings. The minimum Gasteiger partial charge on any atom is -0.373 e. The van der Waals surface area contributed by atoms with Crippen LogP contribution in [0.1, 0.15) is 38.7 Å². The van der Waals surface area contributed by atoms with Crippen molar-refractivity contribution in [3.8, 4) is 0 Å². The molecule has 0 saturated heterocycles. The van der Waals surface area contributed by atoms with Gasteiger partial charge in [0.05, 0.1) is 12.7 Å². The number of carbonyl (C=O) groups excluding carboxylic acids is 1. The molecule has 0 saturated carbocycles. The van der Waals surface area contributed by atoms with Gasteiger partial charge in [0.1, 0.15) is 6.29 Å². The molecule has 2 unspecified atom stereocenters. The maximum Gasteiger partial charge on any atom is 0.122 e. The van der Waals surface area contributed by atoms with E-state index in [1.807, 2.05) is 30.3 Å². The van der Waals surface area contributed by atoms with Crippen molar-refractivity contribution in [1.29, 1.82) is 0 Å². The first-order chi connectivity index (χ1) is 8.27. The lowest BCUT2D eigenvalue weighted by Crippen LogP contribution is -2.22. The predicted molar refractivity (Wildman–Crippen MR) is 69.8 cm³/mol. The molecule has 2 atom stereocenters. The summed E-state index contributed by atoms with van der Waals surface area (Å²) in [5, 5.41) is 0. The molecular formula is C15H22O2. The molecule has 0 bridgehead atoms. The van der Waals surface area contributed by atoms with Crippen LogP contribution in [-0.2, 0) is 16.1 Å². The molecule has 0 radical (unpaired) electrons. The Morgan fingerprint density at radius 3 is 2.59 bits per heavy atom.